The first-order valence-electron chi connectivity index (χ1n) is 4.03. The van der Waals surface area contributed by atoms with Gasteiger partial charge in [-0.3, -0.25) is 4.79 Å². The summed E-state index contributed by atoms with van der Waals surface area (Å²) in [4.78, 5) is 21.4. The molecule has 0 aliphatic heterocycles. The summed E-state index contributed by atoms with van der Waals surface area (Å²) in [5.74, 6) is -0.863. The van der Waals surface area contributed by atoms with Gasteiger partial charge in [-0.15, -0.1) is 0 Å². The smallest absolute Gasteiger partial charge is 0.345 e. The predicted octanol–water partition coefficient (Wildman–Crippen LogP) is 1.15. The molecule has 0 aromatic carbocycles. The predicted molar refractivity (Wildman–Crippen MR) is 50.8 cm³/mol. The SMILES string of the molecule is CCC(=O)OC(CCSC)C(=O)O. The molecule has 13 heavy (non-hydrogen) atoms. The molecule has 0 aromatic heterocycles. The number of esters is 1. The van der Waals surface area contributed by atoms with Crippen LogP contribution >= 0.6 is 11.8 Å². The van der Waals surface area contributed by atoms with Gasteiger partial charge in [0.1, 0.15) is 0 Å². The number of ether oxygens (including phenoxy) is 1. The zero-order valence-electron chi connectivity index (χ0n) is 7.78. The Balaban J connectivity index is 3.94. The number of carboxylic acid groups (broad SMARTS) is 1. The number of hydrogen-bond donors (Lipinski definition) is 1. The molecule has 0 bridgehead atoms. The highest BCUT2D eigenvalue weighted by molar-refractivity contribution is 7.98. The summed E-state index contributed by atoms with van der Waals surface area (Å²) in [6.45, 7) is 1.63. The fourth-order valence-electron chi connectivity index (χ4n) is 0.700. The summed E-state index contributed by atoms with van der Waals surface area (Å²) in [6.07, 6.45) is 1.46. The van der Waals surface area contributed by atoms with E-state index in [1.807, 2.05) is 6.26 Å². The molecule has 0 radical (unpaired) electrons. The van der Waals surface area contributed by atoms with Gasteiger partial charge in [0.15, 0.2) is 6.10 Å². The van der Waals surface area contributed by atoms with Crippen LogP contribution in [0.2, 0.25) is 0 Å². The van der Waals surface area contributed by atoms with Crippen LogP contribution in [0.1, 0.15) is 19.8 Å². The van der Waals surface area contributed by atoms with Gasteiger partial charge in [0, 0.05) is 12.8 Å². The summed E-state index contributed by atoms with van der Waals surface area (Å²) in [7, 11) is 0. The third kappa shape index (κ3) is 5.52. The molecule has 5 heteroatoms. The molecule has 0 saturated heterocycles. The highest BCUT2D eigenvalue weighted by Gasteiger charge is 2.20. The summed E-state index contributed by atoms with van der Waals surface area (Å²) in [6, 6.07) is 0. The van der Waals surface area contributed by atoms with Crippen molar-refractivity contribution in [3.8, 4) is 0 Å². The monoisotopic (exact) mass is 206 g/mol. The Morgan fingerprint density at radius 1 is 1.54 bits per heavy atom. The standard InChI is InChI=1S/C8H14O4S/c1-3-7(9)12-6(8(10)11)4-5-13-2/h6H,3-5H2,1-2H3,(H,10,11). The Morgan fingerprint density at radius 3 is 2.54 bits per heavy atom. The Labute approximate surface area is 81.6 Å². The lowest BCUT2D eigenvalue weighted by atomic mass is 10.3. The maximum atomic E-state index is 10.8. The van der Waals surface area contributed by atoms with Crippen LogP contribution in [0, 0.1) is 0 Å². The van der Waals surface area contributed by atoms with Crippen LogP contribution < -0.4 is 0 Å². The maximum absolute atomic E-state index is 10.8. The van der Waals surface area contributed by atoms with Crippen molar-refractivity contribution in [3.63, 3.8) is 0 Å². The van der Waals surface area contributed by atoms with Gasteiger partial charge in [-0.25, -0.2) is 4.79 Å². The molecule has 0 saturated carbocycles. The molecule has 1 atom stereocenters. The molecule has 1 unspecified atom stereocenters. The van der Waals surface area contributed by atoms with E-state index in [-0.39, 0.29) is 6.42 Å². The van der Waals surface area contributed by atoms with Crippen LogP contribution in [0.5, 0.6) is 0 Å². The van der Waals surface area contributed by atoms with E-state index in [1.54, 1.807) is 6.92 Å². The molecule has 0 aliphatic rings. The van der Waals surface area contributed by atoms with Gasteiger partial charge in [-0.05, 0) is 12.0 Å². The molecule has 76 valence electrons. The second-order valence-electron chi connectivity index (χ2n) is 2.45. The first-order chi connectivity index (χ1) is 6.11. The second-order valence-corrected chi connectivity index (χ2v) is 3.44. The number of aliphatic carboxylic acids is 1. The number of carbonyl (C=O) groups excluding carboxylic acids is 1. The van der Waals surface area contributed by atoms with E-state index < -0.39 is 18.0 Å². The first kappa shape index (κ1) is 12.3. The number of rotatable bonds is 6. The van der Waals surface area contributed by atoms with Crippen LogP contribution in [-0.2, 0) is 14.3 Å². The van der Waals surface area contributed by atoms with Crippen LogP contribution in [-0.4, -0.2) is 35.2 Å². The van der Waals surface area contributed by atoms with E-state index in [9.17, 15) is 9.59 Å². The normalized spacial score (nSPS) is 12.2. The van der Waals surface area contributed by atoms with Crippen LogP contribution in [0.3, 0.4) is 0 Å². The van der Waals surface area contributed by atoms with Crippen molar-refractivity contribution >= 4 is 23.7 Å². The molecule has 0 heterocycles. The molecular formula is C8H14O4S. The van der Waals surface area contributed by atoms with Crippen molar-refractivity contribution in [2.75, 3.05) is 12.0 Å². The van der Waals surface area contributed by atoms with Gasteiger partial charge < -0.3 is 9.84 Å². The molecule has 0 aliphatic carbocycles. The summed E-state index contributed by atoms with van der Waals surface area (Å²) in [5.41, 5.74) is 0. The minimum Gasteiger partial charge on any atom is -0.479 e. The topological polar surface area (TPSA) is 63.6 Å². The maximum Gasteiger partial charge on any atom is 0.345 e. The number of thioether (sulfide) groups is 1. The Hall–Kier alpha value is -0.710. The van der Waals surface area contributed by atoms with Crippen molar-refractivity contribution in [2.45, 2.75) is 25.9 Å². The third-order valence-corrected chi connectivity index (χ3v) is 2.07. The summed E-state index contributed by atoms with van der Waals surface area (Å²) in [5, 5.41) is 8.66. The van der Waals surface area contributed by atoms with Crippen LogP contribution in [0.4, 0.5) is 0 Å². The van der Waals surface area contributed by atoms with Crippen molar-refractivity contribution in [2.24, 2.45) is 0 Å². The van der Waals surface area contributed by atoms with Gasteiger partial charge in [0.25, 0.3) is 0 Å². The van der Waals surface area contributed by atoms with E-state index >= 15 is 0 Å². The van der Waals surface area contributed by atoms with E-state index in [0.717, 1.165) is 0 Å². The largest absolute Gasteiger partial charge is 0.479 e. The lowest BCUT2D eigenvalue weighted by Crippen LogP contribution is -2.27. The molecule has 0 rings (SSSR count). The summed E-state index contributed by atoms with van der Waals surface area (Å²) < 4.78 is 4.71. The fourth-order valence-corrected chi connectivity index (χ4v) is 1.15. The van der Waals surface area contributed by atoms with Crippen molar-refractivity contribution in [3.05, 3.63) is 0 Å². The van der Waals surface area contributed by atoms with Crippen molar-refractivity contribution in [1.29, 1.82) is 0 Å². The first-order valence-corrected chi connectivity index (χ1v) is 5.42. The Morgan fingerprint density at radius 2 is 2.15 bits per heavy atom. The van der Waals surface area contributed by atoms with E-state index in [4.69, 9.17) is 9.84 Å². The zero-order chi connectivity index (χ0) is 10.3. The molecular weight excluding hydrogens is 192 g/mol. The van der Waals surface area contributed by atoms with Crippen molar-refractivity contribution in [1.82, 2.24) is 0 Å². The Kier molecular flexibility index (Phi) is 6.40. The molecule has 0 aromatic rings. The molecule has 0 amide bonds. The van der Waals surface area contributed by atoms with E-state index in [2.05, 4.69) is 0 Å². The molecule has 0 fully saturated rings. The average Bonchev–Trinajstić information content (AvgIpc) is 2.11. The lowest BCUT2D eigenvalue weighted by molar-refractivity contribution is -0.163. The highest BCUT2D eigenvalue weighted by atomic mass is 32.2. The number of carbonyl (C=O) groups is 2. The summed E-state index contributed by atoms with van der Waals surface area (Å²) >= 11 is 1.53. The van der Waals surface area contributed by atoms with Gasteiger partial charge >= 0.3 is 11.9 Å². The van der Waals surface area contributed by atoms with Gasteiger partial charge in [-0.1, -0.05) is 6.92 Å². The molecule has 4 nitrogen and oxygen atoms in total. The third-order valence-electron chi connectivity index (χ3n) is 1.42. The highest BCUT2D eigenvalue weighted by Crippen LogP contribution is 2.05. The molecule has 0 spiro atoms. The van der Waals surface area contributed by atoms with E-state index in [1.165, 1.54) is 11.8 Å². The minimum absolute atomic E-state index is 0.211. The van der Waals surface area contributed by atoms with Gasteiger partial charge in [0.05, 0.1) is 0 Å². The molecule has 1 N–H and O–H groups in total. The van der Waals surface area contributed by atoms with Gasteiger partial charge in [0.2, 0.25) is 0 Å². The Bertz CT molecular complexity index is 181. The van der Waals surface area contributed by atoms with Crippen LogP contribution in [0.15, 0.2) is 0 Å². The quantitative estimate of drug-likeness (QED) is 0.660. The van der Waals surface area contributed by atoms with E-state index in [0.29, 0.717) is 12.2 Å². The van der Waals surface area contributed by atoms with Crippen molar-refractivity contribution < 1.29 is 19.4 Å². The lowest BCUT2D eigenvalue weighted by Gasteiger charge is -2.11. The zero-order valence-corrected chi connectivity index (χ0v) is 8.60. The number of carboxylic acids is 1. The van der Waals surface area contributed by atoms with Gasteiger partial charge in [-0.2, -0.15) is 11.8 Å². The number of hydrogen-bond acceptors (Lipinski definition) is 4. The fraction of sp³-hybridized carbons (Fsp3) is 0.750. The second kappa shape index (κ2) is 6.77. The minimum atomic E-state index is -1.07. The average molecular weight is 206 g/mol. The van der Waals surface area contributed by atoms with Crippen LogP contribution in [0.25, 0.3) is 0 Å².